The van der Waals surface area contributed by atoms with Crippen molar-refractivity contribution in [2.75, 3.05) is 25.0 Å². The molecule has 1 amide bonds. The van der Waals surface area contributed by atoms with Crippen LogP contribution in [0.4, 0.5) is 5.82 Å². The van der Waals surface area contributed by atoms with Crippen LogP contribution in [0.5, 0.6) is 0 Å². The molecule has 0 unspecified atom stereocenters. The molecular formula is C14H22N4O. The largest absolute Gasteiger partial charge is 0.359 e. The first-order valence-electron chi connectivity index (χ1n) is 6.78. The summed E-state index contributed by atoms with van der Waals surface area (Å²) in [5, 5.41) is 2.73. The summed E-state index contributed by atoms with van der Waals surface area (Å²) >= 11 is 0. The Balaban J connectivity index is 2.05. The van der Waals surface area contributed by atoms with Gasteiger partial charge >= 0.3 is 0 Å². The van der Waals surface area contributed by atoms with Crippen molar-refractivity contribution in [2.45, 2.75) is 26.3 Å². The van der Waals surface area contributed by atoms with Crippen molar-refractivity contribution >= 4 is 11.7 Å². The Hall–Kier alpha value is -1.62. The van der Waals surface area contributed by atoms with Gasteiger partial charge in [-0.1, -0.05) is 0 Å². The fourth-order valence-electron chi connectivity index (χ4n) is 2.58. The number of anilines is 1. The first kappa shape index (κ1) is 13.8. The maximum atomic E-state index is 11.6. The van der Waals surface area contributed by atoms with Crippen molar-refractivity contribution in [2.24, 2.45) is 11.7 Å². The minimum Gasteiger partial charge on any atom is -0.359 e. The molecule has 2 heterocycles. The van der Waals surface area contributed by atoms with Gasteiger partial charge in [-0.15, -0.1) is 0 Å². The molecule has 19 heavy (non-hydrogen) atoms. The standard InChI is InChI=1S/C14H22N4O/c1-10-7-11(9-15)8-13(17-10)18-5-3-12(4-6-18)14(19)16-2/h7-8,12H,3-6,9,15H2,1-2H3,(H,16,19). The normalized spacial score (nSPS) is 16.5. The number of nitrogens with two attached hydrogens (primary N) is 1. The Morgan fingerprint density at radius 1 is 1.47 bits per heavy atom. The lowest BCUT2D eigenvalue weighted by Gasteiger charge is -2.32. The van der Waals surface area contributed by atoms with Crippen LogP contribution in [0.3, 0.4) is 0 Å². The van der Waals surface area contributed by atoms with Gasteiger partial charge in [-0.05, 0) is 37.5 Å². The van der Waals surface area contributed by atoms with E-state index in [2.05, 4.69) is 15.2 Å². The number of amides is 1. The summed E-state index contributed by atoms with van der Waals surface area (Å²) in [6.45, 7) is 4.27. The van der Waals surface area contributed by atoms with E-state index in [4.69, 9.17) is 5.73 Å². The van der Waals surface area contributed by atoms with Crippen LogP contribution in [0.15, 0.2) is 12.1 Å². The Bertz CT molecular complexity index is 453. The number of hydrogen-bond acceptors (Lipinski definition) is 4. The SMILES string of the molecule is CNC(=O)C1CCN(c2cc(CN)cc(C)n2)CC1. The van der Waals surface area contributed by atoms with Gasteiger partial charge in [0.2, 0.25) is 5.91 Å². The summed E-state index contributed by atoms with van der Waals surface area (Å²) in [7, 11) is 1.70. The minimum atomic E-state index is 0.139. The summed E-state index contributed by atoms with van der Waals surface area (Å²) in [6, 6.07) is 4.06. The summed E-state index contributed by atoms with van der Waals surface area (Å²) in [4.78, 5) is 18.4. The molecule has 0 aromatic carbocycles. The fourth-order valence-corrected chi connectivity index (χ4v) is 2.58. The number of pyridine rings is 1. The molecule has 5 nitrogen and oxygen atoms in total. The van der Waals surface area contributed by atoms with E-state index in [9.17, 15) is 4.79 Å². The predicted octanol–water partition coefficient (Wildman–Crippen LogP) is 0.811. The highest BCUT2D eigenvalue weighted by atomic mass is 16.1. The average molecular weight is 262 g/mol. The lowest BCUT2D eigenvalue weighted by atomic mass is 9.96. The Morgan fingerprint density at radius 3 is 2.74 bits per heavy atom. The summed E-state index contributed by atoms with van der Waals surface area (Å²) < 4.78 is 0. The van der Waals surface area contributed by atoms with Crippen molar-refractivity contribution in [3.63, 3.8) is 0 Å². The number of nitrogens with zero attached hydrogens (tertiary/aromatic N) is 2. The van der Waals surface area contributed by atoms with Gasteiger partial charge in [0.1, 0.15) is 5.82 Å². The van der Waals surface area contributed by atoms with Gasteiger partial charge in [0.15, 0.2) is 0 Å². The minimum absolute atomic E-state index is 0.139. The van der Waals surface area contributed by atoms with Gasteiger partial charge < -0.3 is 16.0 Å². The fraction of sp³-hybridized carbons (Fsp3) is 0.571. The monoisotopic (exact) mass is 262 g/mol. The molecule has 0 aliphatic carbocycles. The summed E-state index contributed by atoms with van der Waals surface area (Å²) in [5.41, 5.74) is 7.80. The maximum Gasteiger partial charge on any atom is 0.222 e. The number of carbonyl (C=O) groups excluding carboxylic acids is 1. The third kappa shape index (κ3) is 3.23. The van der Waals surface area contributed by atoms with E-state index in [1.54, 1.807) is 7.05 Å². The zero-order chi connectivity index (χ0) is 13.8. The summed E-state index contributed by atoms with van der Waals surface area (Å²) in [5.74, 6) is 1.27. The summed E-state index contributed by atoms with van der Waals surface area (Å²) in [6.07, 6.45) is 1.76. The van der Waals surface area contributed by atoms with E-state index in [-0.39, 0.29) is 11.8 Å². The van der Waals surface area contributed by atoms with Crippen molar-refractivity contribution in [3.05, 3.63) is 23.4 Å². The van der Waals surface area contributed by atoms with Gasteiger partial charge in [-0.3, -0.25) is 4.79 Å². The molecule has 1 aliphatic rings. The van der Waals surface area contributed by atoms with Crippen LogP contribution in [0.25, 0.3) is 0 Å². The van der Waals surface area contributed by atoms with Crippen molar-refractivity contribution in [1.29, 1.82) is 0 Å². The number of nitrogens with one attached hydrogen (secondary N) is 1. The van der Waals surface area contributed by atoms with Gasteiger partial charge in [-0.25, -0.2) is 4.98 Å². The number of carbonyl (C=O) groups is 1. The van der Waals surface area contributed by atoms with E-state index >= 15 is 0 Å². The average Bonchev–Trinajstić information content (AvgIpc) is 2.46. The molecule has 3 N–H and O–H groups in total. The zero-order valence-electron chi connectivity index (χ0n) is 11.6. The lowest BCUT2D eigenvalue weighted by molar-refractivity contribution is -0.125. The molecule has 1 aromatic heterocycles. The Labute approximate surface area is 114 Å². The molecule has 0 atom stereocenters. The van der Waals surface area contributed by atoms with Gasteiger partial charge in [0.05, 0.1) is 0 Å². The van der Waals surface area contributed by atoms with Crippen LogP contribution in [-0.4, -0.2) is 31.0 Å². The number of aryl methyl sites for hydroxylation is 1. The van der Waals surface area contributed by atoms with Crippen LogP contribution in [0, 0.1) is 12.8 Å². The molecule has 1 saturated heterocycles. The molecule has 1 aliphatic heterocycles. The number of hydrogen-bond donors (Lipinski definition) is 2. The van der Waals surface area contributed by atoms with Gasteiger partial charge in [0, 0.05) is 38.3 Å². The van der Waals surface area contributed by atoms with Crippen molar-refractivity contribution in [3.8, 4) is 0 Å². The molecule has 0 bridgehead atoms. The first-order chi connectivity index (χ1) is 9.13. The molecule has 5 heteroatoms. The maximum absolute atomic E-state index is 11.6. The van der Waals surface area contributed by atoms with Crippen LogP contribution in [0.2, 0.25) is 0 Å². The molecule has 1 aromatic rings. The second kappa shape index (κ2) is 6.02. The molecule has 0 radical (unpaired) electrons. The first-order valence-corrected chi connectivity index (χ1v) is 6.78. The second-order valence-electron chi connectivity index (χ2n) is 5.05. The Morgan fingerprint density at radius 2 is 2.16 bits per heavy atom. The predicted molar refractivity (Wildman–Crippen MR) is 75.9 cm³/mol. The van der Waals surface area contributed by atoms with Crippen molar-refractivity contribution in [1.82, 2.24) is 10.3 Å². The number of rotatable bonds is 3. The number of aromatic nitrogens is 1. The molecular weight excluding hydrogens is 240 g/mol. The topological polar surface area (TPSA) is 71.2 Å². The van der Waals surface area contributed by atoms with E-state index in [0.717, 1.165) is 43.0 Å². The van der Waals surface area contributed by atoms with Crippen LogP contribution < -0.4 is 16.0 Å². The zero-order valence-corrected chi connectivity index (χ0v) is 11.6. The van der Waals surface area contributed by atoms with Gasteiger partial charge in [0.25, 0.3) is 0 Å². The highest BCUT2D eigenvalue weighted by Gasteiger charge is 2.24. The van der Waals surface area contributed by atoms with E-state index in [1.807, 2.05) is 19.1 Å². The third-order valence-electron chi connectivity index (χ3n) is 3.67. The van der Waals surface area contributed by atoms with Crippen LogP contribution in [0.1, 0.15) is 24.1 Å². The van der Waals surface area contributed by atoms with Crippen molar-refractivity contribution < 1.29 is 4.79 Å². The van der Waals surface area contributed by atoms with Crippen LogP contribution in [-0.2, 0) is 11.3 Å². The highest BCUT2D eigenvalue weighted by molar-refractivity contribution is 5.78. The smallest absolute Gasteiger partial charge is 0.222 e. The molecule has 104 valence electrons. The number of piperidine rings is 1. The van der Waals surface area contributed by atoms with E-state index in [1.165, 1.54) is 0 Å². The lowest BCUT2D eigenvalue weighted by Crippen LogP contribution is -2.40. The second-order valence-corrected chi connectivity index (χ2v) is 5.05. The quantitative estimate of drug-likeness (QED) is 0.845. The molecule has 0 spiro atoms. The Kier molecular flexibility index (Phi) is 4.37. The third-order valence-corrected chi connectivity index (χ3v) is 3.67. The molecule has 1 fully saturated rings. The van der Waals surface area contributed by atoms with E-state index < -0.39 is 0 Å². The molecule has 0 saturated carbocycles. The molecule has 2 rings (SSSR count). The van der Waals surface area contributed by atoms with Crippen LogP contribution >= 0.6 is 0 Å². The van der Waals surface area contributed by atoms with E-state index in [0.29, 0.717) is 6.54 Å². The highest BCUT2D eigenvalue weighted by Crippen LogP contribution is 2.23. The van der Waals surface area contributed by atoms with Gasteiger partial charge in [-0.2, -0.15) is 0 Å².